The standard InChI is InChI=1S/C13H18N4O3/c1-20-5-4-17-8-10(6-12(17)18)16-13(19)9-2-3-11(14)15-7-9/h2-3,7,10H,4-6,8H2,1H3,(H2,14,15)(H,16,19)/t10-/m1/s1. The maximum absolute atomic E-state index is 12.0. The molecule has 20 heavy (non-hydrogen) atoms. The Balaban J connectivity index is 1.89. The van der Waals surface area contributed by atoms with Gasteiger partial charge in [0.15, 0.2) is 0 Å². The van der Waals surface area contributed by atoms with Gasteiger partial charge in [-0.25, -0.2) is 4.98 Å². The number of nitrogens with zero attached hydrogens (tertiary/aromatic N) is 2. The molecule has 0 radical (unpaired) electrons. The van der Waals surface area contributed by atoms with E-state index in [9.17, 15) is 9.59 Å². The van der Waals surface area contributed by atoms with E-state index in [0.717, 1.165) is 0 Å². The average Bonchev–Trinajstić information content (AvgIpc) is 2.77. The molecule has 1 fully saturated rings. The van der Waals surface area contributed by atoms with Crippen LogP contribution in [0.25, 0.3) is 0 Å². The molecule has 1 aromatic rings. The highest BCUT2D eigenvalue weighted by molar-refractivity contribution is 5.94. The van der Waals surface area contributed by atoms with Gasteiger partial charge in [0, 0.05) is 32.8 Å². The number of carbonyl (C=O) groups excluding carboxylic acids is 2. The first-order valence-corrected chi connectivity index (χ1v) is 6.39. The van der Waals surface area contributed by atoms with Gasteiger partial charge in [-0.2, -0.15) is 0 Å². The zero-order valence-corrected chi connectivity index (χ0v) is 11.3. The largest absolute Gasteiger partial charge is 0.384 e. The van der Waals surface area contributed by atoms with Crippen LogP contribution in [0.15, 0.2) is 18.3 Å². The number of aromatic nitrogens is 1. The van der Waals surface area contributed by atoms with Crippen LogP contribution in [0, 0.1) is 0 Å². The second-order valence-electron chi connectivity index (χ2n) is 4.68. The summed E-state index contributed by atoms with van der Waals surface area (Å²) in [5.74, 6) is 0.148. The number of pyridine rings is 1. The summed E-state index contributed by atoms with van der Waals surface area (Å²) in [4.78, 5) is 29.3. The number of hydrogen-bond donors (Lipinski definition) is 2. The molecule has 2 amide bonds. The third kappa shape index (κ3) is 3.45. The van der Waals surface area contributed by atoms with Crippen molar-refractivity contribution in [3.05, 3.63) is 23.9 Å². The van der Waals surface area contributed by atoms with Crippen molar-refractivity contribution in [3.8, 4) is 0 Å². The lowest BCUT2D eigenvalue weighted by atomic mass is 10.2. The van der Waals surface area contributed by atoms with Gasteiger partial charge < -0.3 is 20.7 Å². The first-order chi connectivity index (χ1) is 9.60. The summed E-state index contributed by atoms with van der Waals surface area (Å²) < 4.78 is 4.95. The maximum atomic E-state index is 12.0. The lowest BCUT2D eigenvalue weighted by molar-refractivity contribution is -0.128. The van der Waals surface area contributed by atoms with Crippen molar-refractivity contribution in [2.45, 2.75) is 12.5 Å². The fourth-order valence-corrected chi connectivity index (χ4v) is 2.09. The minimum atomic E-state index is -0.246. The molecule has 2 heterocycles. The summed E-state index contributed by atoms with van der Waals surface area (Å²) in [7, 11) is 1.59. The Morgan fingerprint density at radius 2 is 2.40 bits per heavy atom. The molecule has 0 aromatic carbocycles. The molecule has 3 N–H and O–H groups in total. The van der Waals surface area contributed by atoms with Crippen LogP contribution >= 0.6 is 0 Å². The lowest BCUT2D eigenvalue weighted by Gasteiger charge is -2.16. The van der Waals surface area contributed by atoms with E-state index in [1.807, 2.05) is 0 Å². The smallest absolute Gasteiger partial charge is 0.253 e. The summed E-state index contributed by atoms with van der Waals surface area (Å²) >= 11 is 0. The Labute approximate surface area is 117 Å². The molecule has 1 aliphatic rings. The number of likely N-dealkylation sites (tertiary alicyclic amines) is 1. The molecule has 0 saturated carbocycles. The molecule has 1 aliphatic heterocycles. The predicted molar refractivity (Wildman–Crippen MR) is 73.0 cm³/mol. The Kier molecular flexibility index (Phi) is 4.52. The van der Waals surface area contributed by atoms with Crippen molar-refractivity contribution in [2.24, 2.45) is 0 Å². The van der Waals surface area contributed by atoms with Crippen LogP contribution in [-0.2, 0) is 9.53 Å². The normalized spacial score (nSPS) is 18.4. The maximum Gasteiger partial charge on any atom is 0.253 e. The Morgan fingerprint density at radius 3 is 3.05 bits per heavy atom. The molecular formula is C13H18N4O3. The second-order valence-corrected chi connectivity index (χ2v) is 4.68. The fourth-order valence-electron chi connectivity index (χ4n) is 2.09. The molecule has 0 bridgehead atoms. The number of hydrogen-bond acceptors (Lipinski definition) is 5. The fraction of sp³-hybridized carbons (Fsp3) is 0.462. The third-order valence-corrected chi connectivity index (χ3v) is 3.16. The quantitative estimate of drug-likeness (QED) is 0.766. The molecule has 7 nitrogen and oxygen atoms in total. The highest BCUT2D eigenvalue weighted by Gasteiger charge is 2.30. The molecule has 1 atom stereocenters. The van der Waals surface area contributed by atoms with Gasteiger partial charge >= 0.3 is 0 Å². The number of nitrogens with one attached hydrogen (secondary N) is 1. The van der Waals surface area contributed by atoms with Gasteiger partial charge in [-0.15, -0.1) is 0 Å². The molecule has 7 heteroatoms. The number of nitrogens with two attached hydrogens (primary N) is 1. The number of amides is 2. The number of methoxy groups -OCH3 is 1. The van der Waals surface area contributed by atoms with Crippen LogP contribution in [0.2, 0.25) is 0 Å². The van der Waals surface area contributed by atoms with Crippen LogP contribution in [0.5, 0.6) is 0 Å². The number of rotatable bonds is 5. The van der Waals surface area contributed by atoms with Crippen LogP contribution in [0.3, 0.4) is 0 Å². The van der Waals surface area contributed by atoms with E-state index in [4.69, 9.17) is 10.5 Å². The summed E-state index contributed by atoms with van der Waals surface area (Å²) in [6.45, 7) is 1.55. The molecule has 108 valence electrons. The van der Waals surface area contributed by atoms with Crippen molar-refractivity contribution in [3.63, 3.8) is 0 Å². The molecule has 0 spiro atoms. The van der Waals surface area contributed by atoms with Gasteiger partial charge in [-0.05, 0) is 12.1 Å². The van der Waals surface area contributed by atoms with Crippen molar-refractivity contribution in [2.75, 3.05) is 32.5 Å². The number of anilines is 1. The minimum Gasteiger partial charge on any atom is -0.384 e. The summed E-state index contributed by atoms with van der Waals surface area (Å²) in [5.41, 5.74) is 5.90. The van der Waals surface area contributed by atoms with Gasteiger partial charge in [-0.3, -0.25) is 9.59 Å². The van der Waals surface area contributed by atoms with Crippen molar-refractivity contribution in [1.82, 2.24) is 15.2 Å². The highest BCUT2D eigenvalue weighted by Crippen LogP contribution is 2.11. The van der Waals surface area contributed by atoms with Crippen LogP contribution in [-0.4, -0.2) is 54.5 Å². The number of carbonyl (C=O) groups is 2. The average molecular weight is 278 g/mol. The topological polar surface area (TPSA) is 97.6 Å². The Hall–Kier alpha value is -2.15. The van der Waals surface area contributed by atoms with Gasteiger partial charge in [-0.1, -0.05) is 0 Å². The number of nitrogen functional groups attached to an aromatic ring is 1. The Morgan fingerprint density at radius 1 is 1.60 bits per heavy atom. The third-order valence-electron chi connectivity index (χ3n) is 3.16. The van der Waals surface area contributed by atoms with Crippen molar-refractivity contribution in [1.29, 1.82) is 0 Å². The second kappa shape index (κ2) is 6.33. The SMILES string of the molecule is COCCN1C[C@H](NC(=O)c2ccc(N)nc2)CC1=O. The van der Waals surface area contributed by atoms with E-state index < -0.39 is 0 Å². The number of ether oxygens (including phenoxy) is 1. The first kappa shape index (κ1) is 14.3. The van der Waals surface area contributed by atoms with E-state index >= 15 is 0 Å². The molecule has 1 aromatic heterocycles. The Bertz CT molecular complexity index is 489. The van der Waals surface area contributed by atoms with E-state index in [1.165, 1.54) is 6.20 Å². The highest BCUT2D eigenvalue weighted by atomic mass is 16.5. The summed E-state index contributed by atoms with van der Waals surface area (Å²) in [6, 6.07) is 3.00. The van der Waals surface area contributed by atoms with Crippen LogP contribution in [0.1, 0.15) is 16.8 Å². The van der Waals surface area contributed by atoms with Crippen molar-refractivity contribution >= 4 is 17.6 Å². The predicted octanol–water partition coefficient (Wildman–Crippen LogP) is -0.359. The zero-order chi connectivity index (χ0) is 14.5. The van der Waals surface area contributed by atoms with E-state index in [2.05, 4.69) is 10.3 Å². The van der Waals surface area contributed by atoms with Crippen LogP contribution in [0.4, 0.5) is 5.82 Å². The molecule has 0 unspecified atom stereocenters. The minimum absolute atomic E-state index is 0.0304. The van der Waals surface area contributed by atoms with E-state index in [1.54, 1.807) is 24.1 Å². The van der Waals surface area contributed by atoms with Gasteiger partial charge in [0.2, 0.25) is 5.91 Å². The summed E-state index contributed by atoms with van der Waals surface area (Å²) in [6.07, 6.45) is 1.74. The molecule has 2 rings (SSSR count). The lowest BCUT2D eigenvalue weighted by Crippen LogP contribution is -2.37. The monoisotopic (exact) mass is 278 g/mol. The van der Waals surface area contributed by atoms with Gasteiger partial charge in [0.1, 0.15) is 5.82 Å². The van der Waals surface area contributed by atoms with Gasteiger partial charge in [0.25, 0.3) is 5.91 Å². The first-order valence-electron chi connectivity index (χ1n) is 6.39. The molecule has 1 saturated heterocycles. The van der Waals surface area contributed by atoms with Gasteiger partial charge in [0.05, 0.1) is 18.2 Å². The summed E-state index contributed by atoms with van der Waals surface area (Å²) in [5, 5.41) is 2.83. The molecule has 0 aliphatic carbocycles. The van der Waals surface area contributed by atoms with E-state index in [-0.39, 0.29) is 17.9 Å². The van der Waals surface area contributed by atoms with E-state index in [0.29, 0.717) is 37.5 Å². The zero-order valence-electron chi connectivity index (χ0n) is 11.3. The van der Waals surface area contributed by atoms with Crippen molar-refractivity contribution < 1.29 is 14.3 Å². The van der Waals surface area contributed by atoms with Crippen LogP contribution < -0.4 is 11.1 Å². The molecular weight excluding hydrogens is 260 g/mol.